The zero-order valence-electron chi connectivity index (χ0n) is 29.9. The molecule has 5 nitrogen and oxygen atoms in total. The summed E-state index contributed by atoms with van der Waals surface area (Å²) >= 11 is -2.28. The van der Waals surface area contributed by atoms with Crippen LogP contribution in [0.2, 0.25) is 35.4 Å². The molecule has 0 radical (unpaired) electrons. The summed E-state index contributed by atoms with van der Waals surface area (Å²) in [5.41, 5.74) is 6.97. The fraction of sp³-hybridized carbons (Fsp3) is 0.463. The molecule has 0 aliphatic carbocycles. The van der Waals surface area contributed by atoms with Gasteiger partial charge in [0.25, 0.3) is 0 Å². The van der Waals surface area contributed by atoms with Gasteiger partial charge in [-0.15, -0.1) is 0 Å². The second-order valence-electron chi connectivity index (χ2n) is 14.9. The van der Waals surface area contributed by atoms with Crippen LogP contribution in [0.25, 0.3) is 0 Å². The molecule has 1 N–H and O–H groups in total. The molecule has 7 heteroatoms. The van der Waals surface area contributed by atoms with Crippen LogP contribution in [0.3, 0.4) is 0 Å². The van der Waals surface area contributed by atoms with E-state index in [1.807, 2.05) is 54.6 Å². The molecule has 48 heavy (non-hydrogen) atoms. The maximum atomic E-state index is 9.82. The van der Waals surface area contributed by atoms with E-state index >= 15 is 0 Å². The molecule has 0 bridgehead atoms. The summed E-state index contributed by atoms with van der Waals surface area (Å²) in [5, 5.41) is 9.73. The summed E-state index contributed by atoms with van der Waals surface area (Å²) in [5.74, 6) is 13.9. The molecular formula is C41H54GeO5Si. The Morgan fingerprint density at radius 1 is 0.750 bits per heavy atom. The monoisotopic (exact) mass is 728 g/mol. The summed E-state index contributed by atoms with van der Waals surface area (Å²) < 4.78 is 30.6. The summed E-state index contributed by atoms with van der Waals surface area (Å²) in [6, 6.07) is 30.7. The SMILES string of the molecule is CC(C)(CCO)[Si](C)(C)C#C[C@@H]1O[C@H](COCc2ccccc2)[C@@H](C#[C][Ge]([CH3])([CH3])[CH3])[C@H](OCc2ccccc2)[C@H]1OCc1ccccc1. The molecule has 0 amide bonds. The summed E-state index contributed by atoms with van der Waals surface area (Å²) in [6.45, 7) is 10.8. The predicted molar refractivity (Wildman–Crippen MR) is 200 cm³/mol. The van der Waals surface area contributed by atoms with E-state index in [9.17, 15) is 5.11 Å². The summed E-state index contributed by atoms with van der Waals surface area (Å²) in [6.07, 6.45) is -1.10. The quantitative estimate of drug-likeness (QED) is 0.143. The molecule has 1 fully saturated rings. The molecule has 1 heterocycles. The minimum atomic E-state index is -2.28. The molecule has 0 saturated carbocycles. The van der Waals surface area contributed by atoms with Crippen LogP contribution in [0.5, 0.6) is 0 Å². The second kappa shape index (κ2) is 17.8. The van der Waals surface area contributed by atoms with Gasteiger partial charge in [0.05, 0.1) is 0 Å². The van der Waals surface area contributed by atoms with E-state index in [0.717, 1.165) is 16.7 Å². The first kappa shape index (κ1) is 38.1. The average Bonchev–Trinajstić information content (AvgIpc) is 3.06. The average molecular weight is 728 g/mol. The summed E-state index contributed by atoms with van der Waals surface area (Å²) in [7, 11) is -2.14. The second-order valence-corrected chi connectivity index (χ2v) is 29.7. The molecule has 5 atom stereocenters. The molecule has 4 rings (SSSR count). The van der Waals surface area contributed by atoms with Crippen molar-refractivity contribution in [2.45, 2.75) is 99.9 Å². The van der Waals surface area contributed by atoms with Crippen molar-refractivity contribution >= 4 is 21.3 Å². The Bertz CT molecular complexity index is 1520. The third-order valence-electron chi connectivity index (χ3n) is 9.23. The molecule has 0 spiro atoms. The standard InChI is InChI=1S/C41H54GeO5Si/c1-41(2,25-27-43)48(6,7)28-24-37-40(46-31-35-21-15-10-16-22-35)39(45-30-34-19-13-9-14-20-34)36(23-26-42(3,4)5)38(47-37)32-44-29-33-17-11-8-12-18-33/h8-22,36-40,43H,25,27,29-32H2,1-7H3/t36-,37+,38-,39+,40+/m1/s1. The first-order valence-corrected chi connectivity index (χ1v) is 27.5. The van der Waals surface area contributed by atoms with Crippen LogP contribution in [0.15, 0.2) is 91.0 Å². The van der Waals surface area contributed by atoms with Crippen LogP contribution in [-0.4, -0.2) is 64.1 Å². The topological polar surface area (TPSA) is 57.2 Å². The van der Waals surface area contributed by atoms with Gasteiger partial charge in [0.2, 0.25) is 0 Å². The third kappa shape index (κ3) is 11.5. The molecule has 0 unspecified atom stereocenters. The Morgan fingerprint density at radius 2 is 1.25 bits per heavy atom. The van der Waals surface area contributed by atoms with E-state index in [1.165, 1.54) is 0 Å². The number of aliphatic hydroxyl groups is 1. The van der Waals surface area contributed by atoms with Gasteiger partial charge < -0.3 is 5.11 Å². The van der Waals surface area contributed by atoms with Gasteiger partial charge in [0.1, 0.15) is 0 Å². The molecule has 3 aromatic carbocycles. The summed E-state index contributed by atoms with van der Waals surface area (Å²) in [4.78, 5) is 0. The Kier molecular flexibility index (Phi) is 14.2. The molecule has 0 aromatic heterocycles. The van der Waals surface area contributed by atoms with E-state index in [-0.39, 0.29) is 23.7 Å². The van der Waals surface area contributed by atoms with Crippen molar-refractivity contribution in [1.29, 1.82) is 0 Å². The molecule has 256 valence electrons. The van der Waals surface area contributed by atoms with Gasteiger partial charge in [0, 0.05) is 0 Å². The van der Waals surface area contributed by atoms with Crippen molar-refractivity contribution in [2.24, 2.45) is 5.92 Å². The zero-order valence-corrected chi connectivity index (χ0v) is 33.0. The first-order chi connectivity index (χ1) is 22.9. The predicted octanol–water partition coefficient (Wildman–Crippen LogP) is 8.05. The number of hydrogen-bond donors (Lipinski definition) is 1. The first-order valence-electron chi connectivity index (χ1n) is 17.1. The Labute approximate surface area is 293 Å². The zero-order chi connectivity index (χ0) is 34.6. The van der Waals surface area contributed by atoms with Crippen molar-refractivity contribution in [2.75, 3.05) is 13.2 Å². The molecule has 1 aliphatic heterocycles. The number of aliphatic hydroxyl groups excluding tert-OH is 1. The molecule has 1 aliphatic rings. The van der Waals surface area contributed by atoms with Crippen molar-refractivity contribution in [3.8, 4) is 22.1 Å². The van der Waals surface area contributed by atoms with E-state index in [2.05, 4.69) is 103 Å². The van der Waals surface area contributed by atoms with Gasteiger partial charge in [-0.3, -0.25) is 0 Å². The van der Waals surface area contributed by atoms with E-state index < -0.39 is 39.7 Å². The number of ether oxygens (including phenoxy) is 4. The van der Waals surface area contributed by atoms with Gasteiger partial charge >= 0.3 is 289 Å². The molecule has 1 saturated heterocycles. The van der Waals surface area contributed by atoms with Crippen LogP contribution in [-0.2, 0) is 38.8 Å². The van der Waals surface area contributed by atoms with E-state index in [0.29, 0.717) is 32.8 Å². The minimum absolute atomic E-state index is 0.0851. The van der Waals surface area contributed by atoms with Crippen LogP contribution in [0, 0.1) is 28.1 Å². The number of hydrogen-bond acceptors (Lipinski definition) is 5. The normalized spacial score (nSPS) is 21.5. The maximum absolute atomic E-state index is 9.82. The van der Waals surface area contributed by atoms with Crippen molar-refractivity contribution in [3.63, 3.8) is 0 Å². The van der Waals surface area contributed by atoms with Crippen LogP contribution >= 0.6 is 0 Å². The molecule has 3 aromatic rings. The van der Waals surface area contributed by atoms with Gasteiger partial charge in [-0.05, 0) is 0 Å². The van der Waals surface area contributed by atoms with E-state index in [4.69, 9.17) is 18.9 Å². The van der Waals surface area contributed by atoms with Gasteiger partial charge in [-0.2, -0.15) is 0 Å². The van der Waals surface area contributed by atoms with Crippen molar-refractivity contribution < 1.29 is 24.1 Å². The Morgan fingerprint density at radius 3 is 1.75 bits per heavy atom. The fourth-order valence-corrected chi connectivity index (χ4v) is 8.30. The van der Waals surface area contributed by atoms with Crippen LogP contribution in [0.4, 0.5) is 0 Å². The fourth-order valence-electron chi connectivity index (χ4n) is 5.47. The third-order valence-corrected chi connectivity index (χ3v) is 15.5. The number of rotatable bonds is 13. The number of benzene rings is 3. The van der Waals surface area contributed by atoms with Crippen LogP contribution in [0.1, 0.15) is 37.0 Å². The van der Waals surface area contributed by atoms with Gasteiger partial charge in [-0.25, -0.2) is 0 Å². The van der Waals surface area contributed by atoms with Crippen LogP contribution < -0.4 is 0 Å². The van der Waals surface area contributed by atoms with Crippen molar-refractivity contribution in [1.82, 2.24) is 0 Å². The van der Waals surface area contributed by atoms with Gasteiger partial charge in [0.15, 0.2) is 0 Å². The Balaban J connectivity index is 1.75. The Hall–Kier alpha value is -2.66. The van der Waals surface area contributed by atoms with E-state index in [1.54, 1.807) is 0 Å². The van der Waals surface area contributed by atoms with Crippen molar-refractivity contribution in [3.05, 3.63) is 108 Å². The molecular weight excluding hydrogens is 673 g/mol. The van der Waals surface area contributed by atoms with Gasteiger partial charge in [-0.1, -0.05) is 0 Å².